The molecule has 1 atom stereocenters. The molecule has 1 aliphatic rings. The summed E-state index contributed by atoms with van der Waals surface area (Å²) in [7, 11) is 0. The van der Waals surface area contributed by atoms with E-state index in [2.05, 4.69) is 5.32 Å². The fourth-order valence-electron chi connectivity index (χ4n) is 3.37. The highest BCUT2D eigenvalue weighted by Gasteiger charge is 2.29. The topological polar surface area (TPSA) is 87.0 Å². The number of carbonyl (C=O) groups excluding carboxylic acids is 2. The van der Waals surface area contributed by atoms with Gasteiger partial charge in [-0.15, -0.1) is 0 Å². The molecule has 1 aromatic heterocycles. The van der Waals surface area contributed by atoms with Crippen molar-refractivity contribution < 1.29 is 28.2 Å². The van der Waals surface area contributed by atoms with Crippen LogP contribution in [0, 0.1) is 0 Å². The van der Waals surface area contributed by atoms with Crippen LogP contribution >= 0.6 is 0 Å². The molecule has 1 amide bonds. The molecule has 0 radical (unpaired) electrons. The minimum absolute atomic E-state index is 0.0295. The molecule has 30 heavy (non-hydrogen) atoms. The van der Waals surface area contributed by atoms with E-state index >= 15 is 0 Å². The Bertz CT molecular complexity index is 1260. The van der Waals surface area contributed by atoms with Gasteiger partial charge in [0.25, 0.3) is 5.91 Å². The molecule has 5 rings (SSSR count). The van der Waals surface area contributed by atoms with Crippen LogP contribution in [0.2, 0.25) is 0 Å². The molecule has 0 spiro atoms. The second-order valence-electron chi connectivity index (χ2n) is 6.83. The van der Waals surface area contributed by atoms with E-state index in [9.17, 15) is 9.59 Å². The van der Waals surface area contributed by atoms with Crippen molar-refractivity contribution in [3.8, 4) is 11.5 Å². The normalized spacial score (nSPS) is 15.1. The molecule has 0 unspecified atom stereocenters. The van der Waals surface area contributed by atoms with Crippen LogP contribution in [0.1, 0.15) is 0 Å². The maximum absolute atomic E-state index is 12.3. The van der Waals surface area contributed by atoms with Crippen LogP contribution in [-0.2, 0) is 14.3 Å². The van der Waals surface area contributed by atoms with Crippen LogP contribution in [0.25, 0.3) is 21.9 Å². The number of ether oxygens (including phenoxy) is 3. The molecule has 2 heterocycles. The largest absolute Gasteiger partial charge is 0.485 e. The molecule has 7 nitrogen and oxygen atoms in total. The van der Waals surface area contributed by atoms with Gasteiger partial charge in [-0.2, -0.15) is 0 Å². The molecule has 0 aliphatic carbocycles. The highest BCUT2D eigenvalue weighted by Crippen LogP contribution is 2.32. The summed E-state index contributed by atoms with van der Waals surface area (Å²) in [6, 6.07) is 20.1. The van der Waals surface area contributed by atoms with Gasteiger partial charge in [0.15, 0.2) is 18.1 Å². The number of benzene rings is 3. The van der Waals surface area contributed by atoms with E-state index < -0.39 is 24.6 Å². The third-order valence-electron chi connectivity index (χ3n) is 4.78. The van der Waals surface area contributed by atoms with E-state index in [0.717, 1.165) is 21.9 Å². The van der Waals surface area contributed by atoms with E-state index in [-0.39, 0.29) is 6.61 Å². The summed E-state index contributed by atoms with van der Waals surface area (Å²) in [5.74, 6) is -0.0687. The number of anilines is 1. The number of rotatable bonds is 4. The summed E-state index contributed by atoms with van der Waals surface area (Å²) in [6.07, 6.45) is -0.915. The van der Waals surface area contributed by atoms with Crippen LogP contribution in [0.15, 0.2) is 71.1 Å². The highest BCUT2D eigenvalue weighted by molar-refractivity contribution is 6.07. The molecule has 0 saturated carbocycles. The Balaban J connectivity index is 1.21. The number of furan rings is 1. The summed E-state index contributed by atoms with van der Waals surface area (Å²) in [6.45, 7) is -0.397. The van der Waals surface area contributed by atoms with Crippen molar-refractivity contribution in [2.24, 2.45) is 0 Å². The number of amides is 1. The number of fused-ring (bicyclic) bond motifs is 4. The minimum atomic E-state index is -0.915. The van der Waals surface area contributed by atoms with Crippen molar-refractivity contribution in [1.82, 2.24) is 0 Å². The van der Waals surface area contributed by atoms with Crippen LogP contribution in [-0.4, -0.2) is 31.2 Å². The van der Waals surface area contributed by atoms with Gasteiger partial charge < -0.3 is 23.9 Å². The van der Waals surface area contributed by atoms with Crippen LogP contribution < -0.4 is 14.8 Å². The number of carbonyl (C=O) groups is 2. The van der Waals surface area contributed by atoms with E-state index in [4.69, 9.17) is 18.6 Å². The van der Waals surface area contributed by atoms with Crippen molar-refractivity contribution in [2.45, 2.75) is 6.10 Å². The van der Waals surface area contributed by atoms with Crippen LogP contribution in [0.3, 0.4) is 0 Å². The molecule has 0 bridgehead atoms. The third kappa shape index (κ3) is 3.41. The van der Waals surface area contributed by atoms with Crippen LogP contribution in [0.5, 0.6) is 11.5 Å². The first kappa shape index (κ1) is 18.1. The van der Waals surface area contributed by atoms with Gasteiger partial charge in [0.1, 0.15) is 17.8 Å². The zero-order valence-corrected chi connectivity index (χ0v) is 15.8. The Morgan fingerprint density at radius 3 is 2.60 bits per heavy atom. The third-order valence-corrected chi connectivity index (χ3v) is 4.78. The van der Waals surface area contributed by atoms with Crippen molar-refractivity contribution in [3.05, 3.63) is 66.7 Å². The number of para-hydroxylation sites is 3. The quantitative estimate of drug-likeness (QED) is 0.520. The lowest BCUT2D eigenvalue weighted by Crippen LogP contribution is -2.39. The molecule has 1 aliphatic heterocycles. The van der Waals surface area contributed by atoms with Crippen molar-refractivity contribution in [2.75, 3.05) is 18.5 Å². The summed E-state index contributed by atoms with van der Waals surface area (Å²) < 4.78 is 22.0. The van der Waals surface area contributed by atoms with Gasteiger partial charge in [0.05, 0.1) is 0 Å². The van der Waals surface area contributed by atoms with Gasteiger partial charge in [0.2, 0.25) is 6.10 Å². The number of esters is 1. The summed E-state index contributed by atoms with van der Waals surface area (Å²) in [4.78, 5) is 24.5. The van der Waals surface area contributed by atoms with E-state index in [1.165, 1.54) is 0 Å². The molecule has 7 heteroatoms. The SMILES string of the molecule is O=C(COC(=O)[C@H]1COc2ccccc2O1)Nc1ccc2oc3ccccc3c2c1. The van der Waals surface area contributed by atoms with Crippen molar-refractivity contribution in [1.29, 1.82) is 0 Å². The van der Waals surface area contributed by atoms with E-state index in [1.807, 2.05) is 36.4 Å². The van der Waals surface area contributed by atoms with Crippen molar-refractivity contribution >= 4 is 39.5 Å². The molecule has 4 aromatic rings. The Morgan fingerprint density at radius 1 is 0.933 bits per heavy atom. The second kappa shape index (κ2) is 7.44. The fraction of sp³-hybridized carbons (Fsp3) is 0.130. The Morgan fingerprint density at radius 2 is 1.70 bits per heavy atom. The number of hydrogen-bond donors (Lipinski definition) is 1. The monoisotopic (exact) mass is 403 g/mol. The zero-order valence-electron chi connectivity index (χ0n) is 15.8. The fourth-order valence-corrected chi connectivity index (χ4v) is 3.37. The molecule has 150 valence electrons. The van der Waals surface area contributed by atoms with Gasteiger partial charge in [-0.25, -0.2) is 4.79 Å². The molecule has 0 fully saturated rings. The van der Waals surface area contributed by atoms with Crippen LogP contribution in [0.4, 0.5) is 5.69 Å². The first-order valence-electron chi connectivity index (χ1n) is 9.44. The molecular weight excluding hydrogens is 386 g/mol. The van der Waals surface area contributed by atoms with Gasteiger partial charge in [0, 0.05) is 16.5 Å². The van der Waals surface area contributed by atoms with E-state index in [0.29, 0.717) is 17.2 Å². The lowest BCUT2D eigenvalue weighted by molar-refractivity contribution is -0.156. The molecule has 1 N–H and O–H groups in total. The minimum Gasteiger partial charge on any atom is -0.485 e. The van der Waals surface area contributed by atoms with E-state index in [1.54, 1.807) is 30.3 Å². The summed E-state index contributed by atoms with van der Waals surface area (Å²) >= 11 is 0. The second-order valence-corrected chi connectivity index (χ2v) is 6.83. The molecule has 0 saturated heterocycles. The highest BCUT2D eigenvalue weighted by atomic mass is 16.6. The lowest BCUT2D eigenvalue weighted by atomic mass is 10.1. The van der Waals surface area contributed by atoms with Crippen molar-refractivity contribution in [3.63, 3.8) is 0 Å². The lowest BCUT2D eigenvalue weighted by Gasteiger charge is -2.24. The first-order valence-corrected chi connectivity index (χ1v) is 9.44. The standard InChI is InChI=1S/C23H17NO6/c25-22(13-28-23(26)21-12-27-19-7-3-4-8-20(19)30-21)24-14-9-10-18-16(11-14)15-5-1-2-6-17(15)29-18/h1-11,21H,12-13H2,(H,24,25)/t21-/m1/s1. The predicted molar refractivity (Wildman–Crippen MR) is 110 cm³/mol. The Kier molecular flexibility index (Phi) is 4.48. The Labute approximate surface area is 171 Å². The Hall–Kier alpha value is -4.00. The average molecular weight is 403 g/mol. The molecule has 3 aromatic carbocycles. The smallest absolute Gasteiger partial charge is 0.351 e. The van der Waals surface area contributed by atoms with Gasteiger partial charge in [-0.3, -0.25) is 4.79 Å². The average Bonchev–Trinajstić information content (AvgIpc) is 3.15. The summed E-state index contributed by atoms with van der Waals surface area (Å²) in [5.41, 5.74) is 2.10. The number of nitrogens with one attached hydrogen (secondary N) is 1. The summed E-state index contributed by atoms with van der Waals surface area (Å²) in [5, 5.41) is 4.59. The number of hydrogen-bond acceptors (Lipinski definition) is 6. The zero-order chi connectivity index (χ0) is 20.5. The van der Waals surface area contributed by atoms with Gasteiger partial charge in [-0.05, 0) is 36.4 Å². The maximum atomic E-state index is 12.3. The van der Waals surface area contributed by atoms with Gasteiger partial charge >= 0.3 is 5.97 Å². The predicted octanol–water partition coefficient (Wildman–Crippen LogP) is 3.91. The van der Waals surface area contributed by atoms with Gasteiger partial charge in [-0.1, -0.05) is 30.3 Å². The maximum Gasteiger partial charge on any atom is 0.351 e. The first-order chi connectivity index (χ1) is 14.7. The molecular formula is C23H17NO6.